The third kappa shape index (κ3) is 6.92. The molecule has 0 bridgehead atoms. The van der Waals surface area contributed by atoms with Crippen molar-refractivity contribution in [3.05, 3.63) is 84.1 Å². The van der Waals surface area contributed by atoms with Gasteiger partial charge in [0, 0.05) is 34.5 Å². The highest BCUT2D eigenvalue weighted by atomic mass is 19.1. The second-order valence-corrected chi connectivity index (χ2v) is 9.74. The van der Waals surface area contributed by atoms with Crippen LogP contribution in [0.2, 0.25) is 0 Å². The van der Waals surface area contributed by atoms with Gasteiger partial charge in [0.25, 0.3) is 0 Å². The smallest absolute Gasteiger partial charge is 0.305 e. The molecule has 0 saturated carbocycles. The molecule has 0 aliphatic rings. The molecule has 2 aromatic heterocycles. The van der Waals surface area contributed by atoms with Crippen LogP contribution in [0.5, 0.6) is 11.5 Å². The van der Waals surface area contributed by atoms with E-state index in [2.05, 4.69) is 20.3 Å². The Balaban J connectivity index is 1.38. The van der Waals surface area contributed by atoms with E-state index in [1.165, 1.54) is 6.33 Å². The summed E-state index contributed by atoms with van der Waals surface area (Å²) in [6, 6.07) is 18.8. The molecule has 0 aliphatic carbocycles. The lowest BCUT2D eigenvalue weighted by Gasteiger charge is -2.16. The van der Waals surface area contributed by atoms with E-state index in [1.807, 2.05) is 55.5 Å². The average molecular weight is 557 g/mol. The number of H-pyrrole nitrogens is 1. The van der Waals surface area contributed by atoms with Crippen LogP contribution in [0.25, 0.3) is 21.8 Å². The van der Waals surface area contributed by atoms with Crippen LogP contribution >= 0.6 is 0 Å². The maximum Gasteiger partial charge on any atom is 0.305 e. The SMILES string of the molecule is CCOC(=O)CCCCCOc1cc2c(Nc3ccc4[nH]c(C)cc4c3F)ncnc2cc1OCc1ccccc1. The summed E-state index contributed by atoms with van der Waals surface area (Å²) >= 11 is 0. The van der Waals surface area contributed by atoms with Gasteiger partial charge < -0.3 is 24.5 Å². The number of halogens is 1. The molecule has 0 saturated heterocycles. The van der Waals surface area contributed by atoms with E-state index in [0.29, 0.717) is 65.5 Å². The molecule has 3 aromatic carbocycles. The zero-order chi connectivity index (χ0) is 28.6. The third-order valence-corrected chi connectivity index (χ3v) is 6.65. The molecule has 5 aromatic rings. The number of anilines is 2. The number of aromatic amines is 1. The van der Waals surface area contributed by atoms with Crippen LogP contribution in [0.1, 0.15) is 43.9 Å². The van der Waals surface area contributed by atoms with E-state index in [0.717, 1.165) is 36.0 Å². The van der Waals surface area contributed by atoms with E-state index in [-0.39, 0.29) is 11.8 Å². The summed E-state index contributed by atoms with van der Waals surface area (Å²) in [5, 5.41) is 4.32. The van der Waals surface area contributed by atoms with Crippen molar-refractivity contribution >= 4 is 39.3 Å². The van der Waals surface area contributed by atoms with Crippen molar-refractivity contribution in [2.75, 3.05) is 18.5 Å². The number of hydrogen-bond donors (Lipinski definition) is 2. The molecule has 2 heterocycles. The number of benzene rings is 3. The fraction of sp³-hybridized carbons (Fsp3) is 0.281. The van der Waals surface area contributed by atoms with Gasteiger partial charge in [-0.05, 0) is 62.9 Å². The topological polar surface area (TPSA) is 98.4 Å². The van der Waals surface area contributed by atoms with Gasteiger partial charge in [0.15, 0.2) is 17.3 Å². The Labute approximate surface area is 237 Å². The molecular weight excluding hydrogens is 523 g/mol. The van der Waals surface area contributed by atoms with Crippen molar-refractivity contribution in [2.24, 2.45) is 0 Å². The van der Waals surface area contributed by atoms with Crippen molar-refractivity contribution in [3.63, 3.8) is 0 Å². The molecule has 0 radical (unpaired) electrons. The minimum Gasteiger partial charge on any atom is -0.490 e. The molecular formula is C32H33FN4O4. The van der Waals surface area contributed by atoms with Crippen LogP contribution in [0.4, 0.5) is 15.9 Å². The molecule has 0 unspecified atom stereocenters. The Morgan fingerprint density at radius 2 is 1.78 bits per heavy atom. The summed E-state index contributed by atoms with van der Waals surface area (Å²) in [7, 11) is 0. The van der Waals surface area contributed by atoms with E-state index < -0.39 is 0 Å². The monoisotopic (exact) mass is 556 g/mol. The first-order valence-corrected chi connectivity index (χ1v) is 13.8. The molecule has 5 rings (SSSR count). The molecule has 0 atom stereocenters. The van der Waals surface area contributed by atoms with Gasteiger partial charge in [0.1, 0.15) is 18.8 Å². The number of aryl methyl sites for hydroxylation is 1. The lowest BCUT2D eigenvalue weighted by atomic mass is 10.1. The first-order chi connectivity index (χ1) is 20.0. The fourth-order valence-electron chi connectivity index (χ4n) is 4.62. The van der Waals surface area contributed by atoms with Crippen LogP contribution in [0.3, 0.4) is 0 Å². The van der Waals surface area contributed by atoms with Gasteiger partial charge in [-0.3, -0.25) is 4.79 Å². The molecule has 0 aliphatic heterocycles. The van der Waals surface area contributed by atoms with Gasteiger partial charge in [-0.15, -0.1) is 0 Å². The Morgan fingerprint density at radius 1 is 0.951 bits per heavy atom. The number of nitrogens with one attached hydrogen (secondary N) is 2. The maximum atomic E-state index is 15.3. The number of nitrogens with zero attached hydrogens (tertiary/aromatic N) is 2. The predicted octanol–water partition coefficient (Wildman–Crippen LogP) is 7.38. The average Bonchev–Trinajstić information content (AvgIpc) is 3.37. The standard InChI is InChI=1S/C32H33FN4O4/c1-3-39-30(38)12-8-5-9-15-40-28-17-24-27(18-29(28)41-19-22-10-6-4-7-11-22)34-20-35-32(24)37-26-14-13-25-23(31(26)33)16-21(2)36-25/h4,6-7,10-11,13-14,16-18,20,36H,3,5,8-9,12,15,19H2,1-2H3,(H,34,35,37). The van der Waals surface area contributed by atoms with Crippen LogP contribution in [-0.2, 0) is 16.1 Å². The number of aromatic nitrogens is 3. The summed E-state index contributed by atoms with van der Waals surface area (Å²) in [6.45, 7) is 4.88. The van der Waals surface area contributed by atoms with E-state index in [1.54, 1.807) is 19.1 Å². The van der Waals surface area contributed by atoms with Crippen LogP contribution in [-0.4, -0.2) is 34.1 Å². The van der Waals surface area contributed by atoms with E-state index >= 15 is 4.39 Å². The molecule has 0 spiro atoms. The molecule has 0 fully saturated rings. The van der Waals surface area contributed by atoms with Crippen LogP contribution < -0.4 is 14.8 Å². The normalized spacial score (nSPS) is 11.1. The fourth-order valence-corrected chi connectivity index (χ4v) is 4.62. The second-order valence-electron chi connectivity index (χ2n) is 9.74. The number of hydrogen-bond acceptors (Lipinski definition) is 7. The second kappa shape index (κ2) is 13.1. The predicted molar refractivity (Wildman–Crippen MR) is 157 cm³/mol. The Bertz CT molecular complexity index is 1640. The highest BCUT2D eigenvalue weighted by Gasteiger charge is 2.16. The zero-order valence-electron chi connectivity index (χ0n) is 23.2. The molecule has 41 heavy (non-hydrogen) atoms. The lowest BCUT2D eigenvalue weighted by Crippen LogP contribution is -2.05. The minimum absolute atomic E-state index is 0.179. The number of esters is 1. The molecule has 2 N–H and O–H groups in total. The highest BCUT2D eigenvalue weighted by Crippen LogP contribution is 2.36. The quantitative estimate of drug-likeness (QED) is 0.115. The van der Waals surface area contributed by atoms with Gasteiger partial charge >= 0.3 is 5.97 Å². The van der Waals surface area contributed by atoms with Crippen molar-refractivity contribution in [3.8, 4) is 11.5 Å². The Hall–Kier alpha value is -4.66. The summed E-state index contributed by atoms with van der Waals surface area (Å²) in [6.07, 6.45) is 4.14. The molecule has 0 amide bonds. The Morgan fingerprint density at radius 3 is 2.61 bits per heavy atom. The largest absolute Gasteiger partial charge is 0.490 e. The minimum atomic E-state index is -0.360. The maximum absolute atomic E-state index is 15.3. The lowest BCUT2D eigenvalue weighted by molar-refractivity contribution is -0.143. The van der Waals surface area contributed by atoms with Gasteiger partial charge in [-0.1, -0.05) is 30.3 Å². The summed E-state index contributed by atoms with van der Waals surface area (Å²) in [4.78, 5) is 23.6. The van der Waals surface area contributed by atoms with Crippen molar-refractivity contribution < 1.29 is 23.4 Å². The zero-order valence-corrected chi connectivity index (χ0v) is 23.2. The molecule has 9 heteroatoms. The third-order valence-electron chi connectivity index (χ3n) is 6.65. The van der Waals surface area contributed by atoms with Crippen LogP contribution in [0, 0.1) is 12.7 Å². The number of ether oxygens (including phenoxy) is 3. The van der Waals surface area contributed by atoms with Crippen molar-refractivity contribution in [1.82, 2.24) is 15.0 Å². The van der Waals surface area contributed by atoms with Gasteiger partial charge in [-0.25, -0.2) is 14.4 Å². The molecule has 212 valence electrons. The number of unbranched alkanes of at least 4 members (excludes halogenated alkanes) is 2. The number of carbonyl (C=O) groups is 1. The Kier molecular flexibility index (Phi) is 8.93. The first-order valence-electron chi connectivity index (χ1n) is 13.8. The van der Waals surface area contributed by atoms with Gasteiger partial charge in [0.2, 0.25) is 0 Å². The van der Waals surface area contributed by atoms with Gasteiger partial charge in [0.05, 0.1) is 24.4 Å². The summed E-state index contributed by atoms with van der Waals surface area (Å²) < 4.78 is 32.7. The highest BCUT2D eigenvalue weighted by molar-refractivity contribution is 5.94. The van der Waals surface area contributed by atoms with E-state index in [9.17, 15) is 4.79 Å². The first kappa shape index (κ1) is 27.9. The number of fused-ring (bicyclic) bond motifs is 2. The van der Waals surface area contributed by atoms with Gasteiger partial charge in [-0.2, -0.15) is 0 Å². The summed E-state index contributed by atoms with van der Waals surface area (Å²) in [5.41, 5.74) is 3.58. The number of rotatable bonds is 13. The van der Waals surface area contributed by atoms with Crippen molar-refractivity contribution in [2.45, 2.75) is 46.1 Å². The molecule has 8 nitrogen and oxygen atoms in total. The van der Waals surface area contributed by atoms with Crippen LogP contribution in [0.15, 0.2) is 67.0 Å². The summed E-state index contributed by atoms with van der Waals surface area (Å²) in [5.74, 6) is 0.999. The number of carbonyl (C=O) groups excluding carboxylic acids is 1. The van der Waals surface area contributed by atoms with E-state index in [4.69, 9.17) is 14.2 Å². The van der Waals surface area contributed by atoms with Crippen molar-refractivity contribution in [1.29, 1.82) is 0 Å².